The van der Waals surface area contributed by atoms with Crippen LogP contribution in [0, 0.1) is 11.3 Å². The Kier molecular flexibility index (Phi) is 4.00. The summed E-state index contributed by atoms with van der Waals surface area (Å²) in [7, 11) is 0. The van der Waals surface area contributed by atoms with Crippen molar-refractivity contribution in [1.82, 2.24) is 0 Å². The van der Waals surface area contributed by atoms with Crippen molar-refractivity contribution in [2.75, 3.05) is 6.61 Å². The number of allylic oxidation sites excluding steroid dienone is 1. The van der Waals surface area contributed by atoms with Crippen molar-refractivity contribution in [2.45, 2.75) is 39.7 Å². The lowest BCUT2D eigenvalue weighted by Crippen LogP contribution is -2.28. The first-order chi connectivity index (χ1) is 10.9. The van der Waals surface area contributed by atoms with E-state index in [1.807, 2.05) is 30.3 Å². The minimum atomic E-state index is -0.338. The Balaban J connectivity index is 1.94. The highest BCUT2D eigenvalue weighted by Gasteiger charge is 2.46. The van der Waals surface area contributed by atoms with E-state index in [9.17, 15) is 9.59 Å². The summed E-state index contributed by atoms with van der Waals surface area (Å²) in [6.07, 6.45) is 0.986. The van der Waals surface area contributed by atoms with Crippen LogP contribution < -0.4 is 0 Å². The molecule has 1 aromatic rings. The van der Waals surface area contributed by atoms with Gasteiger partial charge >= 0.3 is 5.97 Å². The third kappa shape index (κ3) is 3.16. The fourth-order valence-corrected chi connectivity index (χ4v) is 3.50. The van der Waals surface area contributed by atoms with Crippen molar-refractivity contribution in [3.05, 3.63) is 47.2 Å². The van der Waals surface area contributed by atoms with Gasteiger partial charge in [-0.3, -0.25) is 9.59 Å². The molecule has 0 saturated heterocycles. The third-order valence-electron chi connectivity index (χ3n) is 4.48. The number of carbonyl (C=O) groups is 2. The van der Waals surface area contributed by atoms with E-state index in [0.717, 1.165) is 23.3 Å². The van der Waals surface area contributed by atoms with E-state index in [0.29, 0.717) is 6.42 Å². The van der Waals surface area contributed by atoms with Crippen LogP contribution in [0.5, 0.6) is 0 Å². The summed E-state index contributed by atoms with van der Waals surface area (Å²) in [6.45, 7) is 5.72. The number of esters is 1. The number of ether oxygens (including phenoxy) is 2. The molecule has 1 aromatic carbocycles. The van der Waals surface area contributed by atoms with Gasteiger partial charge in [-0.05, 0) is 11.0 Å². The van der Waals surface area contributed by atoms with E-state index in [4.69, 9.17) is 9.47 Å². The van der Waals surface area contributed by atoms with Crippen LogP contribution in [-0.2, 0) is 19.1 Å². The highest BCUT2D eigenvalue weighted by Crippen LogP contribution is 2.49. The van der Waals surface area contributed by atoms with Crippen molar-refractivity contribution in [2.24, 2.45) is 11.3 Å². The number of benzene rings is 1. The summed E-state index contributed by atoms with van der Waals surface area (Å²) in [5.41, 5.74) is 1.64. The first-order valence-corrected chi connectivity index (χ1v) is 7.98. The quantitative estimate of drug-likeness (QED) is 0.800. The number of Topliss-reactive ketones (excluding diaryl/α,β-unsaturated/α-hetero) is 1. The van der Waals surface area contributed by atoms with E-state index >= 15 is 0 Å². The van der Waals surface area contributed by atoms with Gasteiger partial charge in [0.2, 0.25) is 0 Å². The van der Waals surface area contributed by atoms with Crippen molar-refractivity contribution in [1.29, 1.82) is 0 Å². The average molecular weight is 314 g/mol. The molecule has 2 atom stereocenters. The molecule has 1 aliphatic carbocycles. The fourth-order valence-electron chi connectivity index (χ4n) is 3.50. The summed E-state index contributed by atoms with van der Waals surface area (Å²) < 4.78 is 11.4. The largest absolute Gasteiger partial charge is 0.489 e. The Bertz CT molecular complexity index is 657. The second-order valence-corrected chi connectivity index (χ2v) is 7.14. The van der Waals surface area contributed by atoms with E-state index in [1.165, 1.54) is 6.92 Å². The zero-order valence-electron chi connectivity index (χ0n) is 13.8. The first kappa shape index (κ1) is 15.8. The number of carbonyl (C=O) groups excluding carboxylic acids is 2. The molecule has 0 N–H and O–H groups in total. The number of ketones is 1. The zero-order valence-corrected chi connectivity index (χ0v) is 13.8. The summed E-state index contributed by atoms with van der Waals surface area (Å²) in [4.78, 5) is 23.9. The van der Waals surface area contributed by atoms with Gasteiger partial charge in [0.25, 0.3) is 0 Å². The second kappa shape index (κ2) is 5.84. The average Bonchev–Trinajstić information content (AvgIpc) is 2.83. The number of rotatable bonds is 3. The Morgan fingerprint density at radius 2 is 1.96 bits per heavy atom. The van der Waals surface area contributed by atoms with Gasteiger partial charge in [0.1, 0.15) is 18.5 Å². The monoisotopic (exact) mass is 314 g/mol. The Labute approximate surface area is 136 Å². The molecule has 0 bridgehead atoms. The molecular formula is C19H22O4. The van der Waals surface area contributed by atoms with Crippen molar-refractivity contribution in [3.8, 4) is 0 Å². The summed E-state index contributed by atoms with van der Waals surface area (Å²) in [5.74, 6) is 0.332. The van der Waals surface area contributed by atoms with Gasteiger partial charge in [0.15, 0.2) is 5.78 Å². The predicted molar refractivity (Wildman–Crippen MR) is 85.4 cm³/mol. The molecule has 0 amide bonds. The summed E-state index contributed by atoms with van der Waals surface area (Å²) in [6, 6.07) is 9.81. The molecule has 0 fully saturated rings. The number of hydrogen-bond donors (Lipinski definition) is 0. The van der Waals surface area contributed by atoms with E-state index in [1.54, 1.807) is 0 Å². The Hall–Kier alpha value is -2.10. The van der Waals surface area contributed by atoms with Gasteiger partial charge in [0, 0.05) is 25.3 Å². The SMILES string of the molecule is CC(=O)OC[C@H]1C2=C(CC(C)(C)CC2=O)O[C@H]1c1ccccc1. The minimum Gasteiger partial charge on any atom is -0.489 e. The standard InChI is InChI=1S/C19H22O4/c1-12(20)22-11-14-17-15(21)9-19(2,3)10-16(17)23-18(14)13-7-5-4-6-8-13/h4-8,14,18H,9-11H2,1-3H3/t14-,18-/m0/s1. The number of hydrogen-bond acceptors (Lipinski definition) is 4. The molecule has 122 valence electrons. The lowest BCUT2D eigenvalue weighted by Gasteiger charge is -2.29. The van der Waals surface area contributed by atoms with E-state index < -0.39 is 0 Å². The fraction of sp³-hybridized carbons (Fsp3) is 0.474. The maximum absolute atomic E-state index is 12.6. The molecule has 0 radical (unpaired) electrons. The topological polar surface area (TPSA) is 52.6 Å². The van der Waals surface area contributed by atoms with E-state index in [-0.39, 0.29) is 35.8 Å². The summed E-state index contributed by atoms with van der Waals surface area (Å²) in [5, 5.41) is 0. The van der Waals surface area contributed by atoms with Crippen LogP contribution in [-0.4, -0.2) is 18.4 Å². The van der Waals surface area contributed by atoms with Crippen LogP contribution in [0.25, 0.3) is 0 Å². The molecule has 0 spiro atoms. The van der Waals surface area contributed by atoms with Crippen molar-refractivity contribution >= 4 is 11.8 Å². The molecule has 23 heavy (non-hydrogen) atoms. The van der Waals surface area contributed by atoms with Gasteiger partial charge in [-0.2, -0.15) is 0 Å². The normalized spacial score (nSPS) is 25.8. The predicted octanol–water partition coefficient (Wildman–Crippen LogP) is 3.58. The molecule has 4 heteroatoms. The van der Waals surface area contributed by atoms with Crippen molar-refractivity contribution < 1.29 is 19.1 Å². The maximum Gasteiger partial charge on any atom is 0.302 e. The van der Waals surface area contributed by atoms with Crippen LogP contribution in [0.2, 0.25) is 0 Å². The molecule has 2 aliphatic rings. The zero-order chi connectivity index (χ0) is 16.6. The Morgan fingerprint density at radius 3 is 2.61 bits per heavy atom. The molecule has 0 unspecified atom stereocenters. The second-order valence-electron chi connectivity index (χ2n) is 7.14. The molecule has 3 rings (SSSR count). The molecule has 1 heterocycles. The first-order valence-electron chi connectivity index (χ1n) is 7.98. The van der Waals surface area contributed by atoms with E-state index in [2.05, 4.69) is 13.8 Å². The van der Waals surface area contributed by atoms with Gasteiger partial charge in [-0.25, -0.2) is 0 Å². The highest BCUT2D eigenvalue weighted by atomic mass is 16.5. The smallest absolute Gasteiger partial charge is 0.302 e. The molecule has 1 aliphatic heterocycles. The highest BCUT2D eigenvalue weighted by molar-refractivity contribution is 5.98. The van der Waals surface area contributed by atoms with Gasteiger partial charge in [-0.15, -0.1) is 0 Å². The molecule has 0 aromatic heterocycles. The van der Waals surface area contributed by atoms with Crippen LogP contribution in [0.1, 0.15) is 45.3 Å². The van der Waals surface area contributed by atoms with Crippen LogP contribution >= 0.6 is 0 Å². The molecular weight excluding hydrogens is 292 g/mol. The van der Waals surface area contributed by atoms with Gasteiger partial charge in [0.05, 0.1) is 5.92 Å². The Morgan fingerprint density at radius 1 is 1.26 bits per heavy atom. The van der Waals surface area contributed by atoms with Gasteiger partial charge < -0.3 is 9.47 Å². The van der Waals surface area contributed by atoms with Gasteiger partial charge in [-0.1, -0.05) is 44.2 Å². The lowest BCUT2D eigenvalue weighted by atomic mass is 9.74. The molecule has 0 saturated carbocycles. The molecule has 4 nitrogen and oxygen atoms in total. The lowest BCUT2D eigenvalue weighted by molar-refractivity contribution is -0.143. The van der Waals surface area contributed by atoms with Crippen LogP contribution in [0.4, 0.5) is 0 Å². The summed E-state index contributed by atoms with van der Waals surface area (Å²) >= 11 is 0. The minimum absolute atomic E-state index is 0.0898. The third-order valence-corrected chi connectivity index (χ3v) is 4.48. The maximum atomic E-state index is 12.6. The van der Waals surface area contributed by atoms with Crippen LogP contribution in [0.3, 0.4) is 0 Å². The van der Waals surface area contributed by atoms with Crippen LogP contribution in [0.15, 0.2) is 41.7 Å². The van der Waals surface area contributed by atoms with Crippen molar-refractivity contribution in [3.63, 3.8) is 0 Å².